The molecule has 0 aromatic carbocycles. The van der Waals surface area contributed by atoms with Crippen LogP contribution in [0.2, 0.25) is 0 Å². The van der Waals surface area contributed by atoms with E-state index in [0.717, 1.165) is 11.4 Å². The molecule has 0 atom stereocenters. The molecule has 0 unspecified atom stereocenters. The van der Waals surface area contributed by atoms with Crippen LogP contribution in [-0.4, -0.2) is 16.0 Å². The molecular formula is C11H18N4. The third-order valence-electron chi connectivity index (χ3n) is 3.07. The number of rotatable bonds is 2. The fourth-order valence-corrected chi connectivity index (χ4v) is 2.05. The molecule has 1 aliphatic rings. The maximum atomic E-state index is 5.73. The highest BCUT2D eigenvalue weighted by molar-refractivity contribution is 5.54. The van der Waals surface area contributed by atoms with Crippen LogP contribution in [0.5, 0.6) is 0 Å². The summed E-state index contributed by atoms with van der Waals surface area (Å²) in [5, 5.41) is 3.46. The highest BCUT2D eigenvalue weighted by Crippen LogP contribution is 2.23. The molecule has 15 heavy (non-hydrogen) atoms. The third kappa shape index (κ3) is 2.37. The standard InChI is InChI=1S/C11H18N4/c1-8-10(12)13-7-14-11(8)15-9-5-3-2-4-6-9/h7,9H,2-6H2,1H3,(H3,12,13,14,15). The lowest BCUT2D eigenvalue weighted by Crippen LogP contribution is -2.23. The van der Waals surface area contributed by atoms with E-state index < -0.39 is 0 Å². The number of aromatic nitrogens is 2. The first-order valence-electron chi connectivity index (χ1n) is 5.61. The van der Waals surface area contributed by atoms with Crippen molar-refractivity contribution in [2.45, 2.75) is 45.1 Å². The molecule has 82 valence electrons. The number of anilines is 2. The van der Waals surface area contributed by atoms with Gasteiger partial charge in [0, 0.05) is 11.6 Å². The van der Waals surface area contributed by atoms with Gasteiger partial charge in [0.2, 0.25) is 0 Å². The van der Waals surface area contributed by atoms with Crippen molar-refractivity contribution in [3.8, 4) is 0 Å². The Labute approximate surface area is 90.3 Å². The van der Waals surface area contributed by atoms with Gasteiger partial charge < -0.3 is 11.1 Å². The van der Waals surface area contributed by atoms with E-state index in [1.807, 2.05) is 6.92 Å². The summed E-state index contributed by atoms with van der Waals surface area (Å²) in [4.78, 5) is 8.19. The Kier molecular flexibility index (Phi) is 3.04. The van der Waals surface area contributed by atoms with Gasteiger partial charge in [-0.3, -0.25) is 0 Å². The number of hydrogen-bond donors (Lipinski definition) is 2. The summed E-state index contributed by atoms with van der Waals surface area (Å²) < 4.78 is 0. The van der Waals surface area contributed by atoms with E-state index >= 15 is 0 Å². The molecular weight excluding hydrogens is 188 g/mol. The first-order valence-corrected chi connectivity index (χ1v) is 5.61. The SMILES string of the molecule is Cc1c(N)ncnc1NC1CCCCC1. The lowest BCUT2D eigenvalue weighted by Gasteiger charge is -2.24. The molecule has 2 rings (SSSR count). The molecule has 1 aromatic rings. The lowest BCUT2D eigenvalue weighted by molar-refractivity contribution is 0.461. The Morgan fingerprint density at radius 2 is 2.00 bits per heavy atom. The number of nitrogens with one attached hydrogen (secondary N) is 1. The molecule has 3 N–H and O–H groups in total. The minimum atomic E-state index is 0.562. The molecule has 0 bridgehead atoms. The largest absolute Gasteiger partial charge is 0.383 e. The lowest BCUT2D eigenvalue weighted by atomic mass is 9.95. The Bertz CT molecular complexity index is 331. The first kappa shape index (κ1) is 10.2. The fourth-order valence-electron chi connectivity index (χ4n) is 2.05. The fraction of sp³-hybridized carbons (Fsp3) is 0.636. The highest BCUT2D eigenvalue weighted by atomic mass is 15.1. The van der Waals surface area contributed by atoms with E-state index in [1.54, 1.807) is 0 Å². The summed E-state index contributed by atoms with van der Waals surface area (Å²) in [6.07, 6.45) is 8.00. The van der Waals surface area contributed by atoms with Crippen LogP contribution in [0.25, 0.3) is 0 Å². The normalized spacial score (nSPS) is 17.7. The number of hydrogen-bond acceptors (Lipinski definition) is 4. The van der Waals surface area contributed by atoms with Gasteiger partial charge in [0.1, 0.15) is 18.0 Å². The van der Waals surface area contributed by atoms with Gasteiger partial charge in [-0.1, -0.05) is 19.3 Å². The van der Waals surface area contributed by atoms with Gasteiger partial charge in [-0.05, 0) is 19.8 Å². The quantitative estimate of drug-likeness (QED) is 0.778. The molecule has 4 nitrogen and oxygen atoms in total. The zero-order valence-corrected chi connectivity index (χ0v) is 9.16. The Hall–Kier alpha value is -1.32. The molecule has 1 aliphatic carbocycles. The molecule has 1 heterocycles. The predicted molar refractivity (Wildman–Crippen MR) is 61.7 cm³/mol. The van der Waals surface area contributed by atoms with Crippen LogP contribution in [0.15, 0.2) is 6.33 Å². The van der Waals surface area contributed by atoms with Crippen LogP contribution in [0.1, 0.15) is 37.7 Å². The second-order valence-electron chi connectivity index (χ2n) is 4.21. The van der Waals surface area contributed by atoms with Crippen molar-refractivity contribution in [1.82, 2.24) is 9.97 Å². The van der Waals surface area contributed by atoms with Gasteiger partial charge in [-0.25, -0.2) is 9.97 Å². The molecule has 0 saturated heterocycles. The average molecular weight is 206 g/mol. The molecule has 4 heteroatoms. The number of nitrogen functional groups attached to an aromatic ring is 1. The van der Waals surface area contributed by atoms with Gasteiger partial charge >= 0.3 is 0 Å². The van der Waals surface area contributed by atoms with Crippen molar-refractivity contribution < 1.29 is 0 Å². The van der Waals surface area contributed by atoms with E-state index in [1.165, 1.54) is 38.4 Å². The Morgan fingerprint density at radius 1 is 1.27 bits per heavy atom. The van der Waals surface area contributed by atoms with Crippen molar-refractivity contribution in [2.75, 3.05) is 11.1 Å². The summed E-state index contributed by atoms with van der Waals surface area (Å²) >= 11 is 0. The van der Waals surface area contributed by atoms with Gasteiger partial charge in [-0.2, -0.15) is 0 Å². The highest BCUT2D eigenvalue weighted by Gasteiger charge is 2.14. The summed E-state index contributed by atoms with van der Waals surface area (Å²) in [5.41, 5.74) is 6.70. The smallest absolute Gasteiger partial charge is 0.134 e. The van der Waals surface area contributed by atoms with Gasteiger partial charge in [0.25, 0.3) is 0 Å². The van der Waals surface area contributed by atoms with Crippen LogP contribution in [-0.2, 0) is 0 Å². The zero-order chi connectivity index (χ0) is 10.7. The summed E-state index contributed by atoms with van der Waals surface area (Å²) in [7, 11) is 0. The van der Waals surface area contributed by atoms with Crippen LogP contribution in [0.4, 0.5) is 11.6 Å². The molecule has 0 amide bonds. The van der Waals surface area contributed by atoms with E-state index in [4.69, 9.17) is 5.73 Å². The summed E-state index contributed by atoms with van der Waals surface area (Å²) in [6.45, 7) is 1.96. The van der Waals surface area contributed by atoms with Gasteiger partial charge in [0.15, 0.2) is 0 Å². The second kappa shape index (κ2) is 4.47. The van der Waals surface area contributed by atoms with Crippen molar-refractivity contribution in [1.29, 1.82) is 0 Å². The van der Waals surface area contributed by atoms with Crippen molar-refractivity contribution in [2.24, 2.45) is 0 Å². The molecule has 0 radical (unpaired) electrons. The molecule has 0 aliphatic heterocycles. The maximum Gasteiger partial charge on any atom is 0.134 e. The molecule has 0 spiro atoms. The third-order valence-corrected chi connectivity index (χ3v) is 3.07. The van der Waals surface area contributed by atoms with Crippen LogP contribution < -0.4 is 11.1 Å². The second-order valence-corrected chi connectivity index (χ2v) is 4.21. The van der Waals surface area contributed by atoms with Gasteiger partial charge in [-0.15, -0.1) is 0 Å². The topological polar surface area (TPSA) is 63.8 Å². The predicted octanol–water partition coefficient (Wildman–Crippen LogP) is 2.11. The summed E-state index contributed by atoms with van der Waals surface area (Å²) in [6, 6.07) is 0.562. The molecule has 1 aromatic heterocycles. The monoisotopic (exact) mass is 206 g/mol. The maximum absolute atomic E-state index is 5.73. The Balaban J connectivity index is 2.06. The van der Waals surface area contributed by atoms with Crippen LogP contribution >= 0.6 is 0 Å². The molecule has 1 fully saturated rings. The van der Waals surface area contributed by atoms with Crippen molar-refractivity contribution in [3.05, 3.63) is 11.9 Å². The number of nitrogens with two attached hydrogens (primary N) is 1. The minimum Gasteiger partial charge on any atom is -0.383 e. The Morgan fingerprint density at radius 3 is 2.73 bits per heavy atom. The van der Waals surface area contributed by atoms with E-state index in [9.17, 15) is 0 Å². The van der Waals surface area contributed by atoms with E-state index in [-0.39, 0.29) is 0 Å². The van der Waals surface area contributed by atoms with Crippen LogP contribution in [0.3, 0.4) is 0 Å². The van der Waals surface area contributed by atoms with Crippen molar-refractivity contribution in [3.63, 3.8) is 0 Å². The average Bonchev–Trinajstić information content (AvgIpc) is 2.26. The minimum absolute atomic E-state index is 0.562. The van der Waals surface area contributed by atoms with Crippen LogP contribution in [0, 0.1) is 6.92 Å². The van der Waals surface area contributed by atoms with Crippen molar-refractivity contribution >= 4 is 11.6 Å². The summed E-state index contributed by atoms with van der Waals surface area (Å²) in [5.74, 6) is 1.47. The zero-order valence-electron chi connectivity index (χ0n) is 9.16. The molecule has 1 saturated carbocycles. The van der Waals surface area contributed by atoms with E-state index in [0.29, 0.717) is 11.9 Å². The van der Waals surface area contributed by atoms with E-state index in [2.05, 4.69) is 15.3 Å². The first-order chi connectivity index (χ1) is 7.27. The number of nitrogens with zero attached hydrogens (tertiary/aromatic N) is 2. The van der Waals surface area contributed by atoms with Gasteiger partial charge in [0.05, 0.1) is 0 Å².